The Labute approximate surface area is 136 Å². The van der Waals surface area contributed by atoms with Crippen molar-refractivity contribution in [2.24, 2.45) is 5.92 Å². The van der Waals surface area contributed by atoms with Gasteiger partial charge in [0.2, 0.25) is 0 Å². The first-order chi connectivity index (χ1) is 11.6. The lowest BCUT2D eigenvalue weighted by Crippen LogP contribution is -2.33. The van der Waals surface area contributed by atoms with Gasteiger partial charge in [-0.1, -0.05) is 35.4 Å². The first-order valence-corrected chi connectivity index (χ1v) is 7.52. The number of hydrogen-bond acceptors (Lipinski definition) is 4. The third-order valence-corrected chi connectivity index (χ3v) is 4.34. The molecular formula is C18H12FNO4. The predicted octanol–water partition coefficient (Wildman–Crippen LogP) is 2.68. The highest BCUT2D eigenvalue weighted by Crippen LogP contribution is 2.49. The molecule has 2 aromatic rings. The summed E-state index contributed by atoms with van der Waals surface area (Å²) in [5.74, 6) is -3.23. The minimum atomic E-state index is -0.697. The monoisotopic (exact) mass is 325 g/mol. The van der Waals surface area contributed by atoms with E-state index in [0.717, 1.165) is 0 Å². The first-order valence-electron chi connectivity index (χ1n) is 7.52. The largest absolute Gasteiger partial charge is 0.336 e. The second-order valence-electron chi connectivity index (χ2n) is 5.83. The summed E-state index contributed by atoms with van der Waals surface area (Å²) in [6.07, 6.45) is 0.433. The molecule has 0 aromatic heterocycles. The summed E-state index contributed by atoms with van der Waals surface area (Å²) in [5, 5.41) is 0.490. The fraction of sp³-hybridized carbons (Fsp3) is 0.167. The number of imide groups is 1. The Kier molecular flexibility index (Phi) is 3.19. The van der Waals surface area contributed by atoms with Crippen LogP contribution in [0.1, 0.15) is 38.6 Å². The Hall–Kier alpha value is -3.02. The van der Waals surface area contributed by atoms with Gasteiger partial charge in [-0.05, 0) is 30.2 Å². The van der Waals surface area contributed by atoms with Gasteiger partial charge < -0.3 is 4.84 Å². The lowest BCUT2D eigenvalue weighted by Gasteiger charge is -2.12. The topological polar surface area (TPSA) is 63.7 Å². The second-order valence-corrected chi connectivity index (χ2v) is 5.83. The number of benzene rings is 2. The lowest BCUT2D eigenvalue weighted by atomic mass is 10.1. The third kappa shape index (κ3) is 2.19. The van der Waals surface area contributed by atoms with Crippen LogP contribution in [-0.4, -0.2) is 22.8 Å². The molecule has 6 heteroatoms. The normalized spacial score (nSPS) is 21.6. The van der Waals surface area contributed by atoms with E-state index >= 15 is 0 Å². The van der Waals surface area contributed by atoms with Gasteiger partial charge >= 0.3 is 5.97 Å². The van der Waals surface area contributed by atoms with Crippen LogP contribution in [0.2, 0.25) is 0 Å². The van der Waals surface area contributed by atoms with Crippen LogP contribution < -0.4 is 0 Å². The molecule has 0 radical (unpaired) electrons. The number of amides is 2. The van der Waals surface area contributed by atoms with Crippen molar-refractivity contribution in [1.29, 1.82) is 0 Å². The number of rotatable bonds is 3. The van der Waals surface area contributed by atoms with Gasteiger partial charge in [-0.15, -0.1) is 0 Å². The van der Waals surface area contributed by atoms with E-state index in [9.17, 15) is 18.8 Å². The van der Waals surface area contributed by atoms with Gasteiger partial charge in [0.05, 0.1) is 17.0 Å². The van der Waals surface area contributed by atoms with Crippen LogP contribution in [0.25, 0.3) is 0 Å². The van der Waals surface area contributed by atoms with Gasteiger partial charge in [0.15, 0.2) is 0 Å². The van der Waals surface area contributed by atoms with E-state index in [0.29, 0.717) is 17.0 Å². The van der Waals surface area contributed by atoms with Crippen molar-refractivity contribution in [3.05, 3.63) is 71.0 Å². The number of hydroxylamine groups is 2. The van der Waals surface area contributed by atoms with E-state index in [4.69, 9.17) is 4.84 Å². The number of fused-ring (bicyclic) bond motifs is 1. The van der Waals surface area contributed by atoms with Crippen LogP contribution in [0.4, 0.5) is 4.39 Å². The Morgan fingerprint density at radius 1 is 1.00 bits per heavy atom. The standard InChI is InChI=1S/C18H12FNO4/c19-15-8-4-3-5-10(15)13-9-14(13)18(23)24-20-16(21)11-6-1-2-7-12(11)17(20)22/h1-8,13-14H,9H2/t13-,14+/m0/s1. The van der Waals surface area contributed by atoms with Crippen LogP contribution >= 0.6 is 0 Å². The highest BCUT2D eigenvalue weighted by atomic mass is 19.1. The Morgan fingerprint density at radius 3 is 2.21 bits per heavy atom. The molecule has 1 heterocycles. The maximum Gasteiger partial charge on any atom is 0.336 e. The van der Waals surface area contributed by atoms with Crippen LogP contribution in [0.3, 0.4) is 0 Å². The maximum atomic E-state index is 13.8. The Bertz CT molecular complexity index is 844. The molecule has 0 unspecified atom stereocenters. The number of carbonyl (C=O) groups is 3. The summed E-state index contributed by atoms with van der Waals surface area (Å²) in [4.78, 5) is 41.5. The minimum Gasteiger partial charge on any atom is -0.329 e. The van der Waals surface area contributed by atoms with E-state index in [1.165, 1.54) is 18.2 Å². The predicted molar refractivity (Wildman–Crippen MR) is 80.3 cm³/mol. The highest BCUT2D eigenvalue weighted by molar-refractivity contribution is 6.20. The molecule has 2 amide bonds. The maximum absolute atomic E-state index is 13.8. The molecule has 120 valence electrons. The van der Waals surface area contributed by atoms with Crippen molar-refractivity contribution in [2.45, 2.75) is 12.3 Å². The number of nitrogens with zero attached hydrogens (tertiary/aromatic N) is 1. The summed E-state index contributed by atoms with van der Waals surface area (Å²) in [5.41, 5.74) is 0.857. The van der Waals surface area contributed by atoms with Crippen molar-refractivity contribution in [2.75, 3.05) is 0 Å². The summed E-state index contributed by atoms with van der Waals surface area (Å²) in [6, 6.07) is 12.5. The van der Waals surface area contributed by atoms with Gasteiger partial charge in [0.1, 0.15) is 5.82 Å². The Balaban J connectivity index is 1.48. The third-order valence-electron chi connectivity index (χ3n) is 4.34. The zero-order chi connectivity index (χ0) is 16.8. The van der Waals surface area contributed by atoms with Gasteiger partial charge in [0, 0.05) is 5.92 Å². The summed E-state index contributed by atoms with van der Waals surface area (Å²) >= 11 is 0. The molecule has 24 heavy (non-hydrogen) atoms. The van der Waals surface area contributed by atoms with Gasteiger partial charge in [0.25, 0.3) is 11.8 Å². The molecule has 4 rings (SSSR count). The average molecular weight is 325 g/mol. The number of halogens is 1. The van der Waals surface area contributed by atoms with Gasteiger partial charge in [-0.2, -0.15) is 0 Å². The van der Waals surface area contributed by atoms with Gasteiger partial charge in [-0.25, -0.2) is 9.18 Å². The van der Waals surface area contributed by atoms with Gasteiger partial charge in [-0.3, -0.25) is 9.59 Å². The molecule has 2 aromatic carbocycles. The van der Waals surface area contributed by atoms with Crippen LogP contribution in [0.15, 0.2) is 48.5 Å². The SMILES string of the molecule is O=C(ON1C(=O)c2ccccc2C1=O)[C@@H]1C[C@H]1c1ccccc1F. The molecule has 2 atom stereocenters. The molecule has 0 bridgehead atoms. The van der Waals surface area contributed by atoms with E-state index < -0.39 is 23.7 Å². The van der Waals surface area contributed by atoms with E-state index in [1.807, 2.05) is 0 Å². The number of hydrogen-bond donors (Lipinski definition) is 0. The number of carbonyl (C=O) groups excluding carboxylic acids is 3. The molecule has 1 fully saturated rings. The second kappa shape index (κ2) is 5.26. The smallest absolute Gasteiger partial charge is 0.329 e. The molecule has 2 aliphatic rings. The molecule has 1 aliphatic carbocycles. The molecule has 0 saturated heterocycles. The van der Waals surface area contributed by atoms with Crippen molar-refractivity contribution in [3.63, 3.8) is 0 Å². The van der Waals surface area contributed by atoms with E-state index in [1.54, 1.807) is 30.3 Å². The van der Waals surface area contributed by atoms with E-state index in [2.05, 4.69) is 0 Å². The molecule has 0 N–H and O–H groups in total. The van der Waals surface area contributed by atoms with Crippen molar-refractivity contribution in [3.8, 4) is 0 Å². The molecule has 1 saturated carbocycles. The van der Waals surface area contributed by atoms with Crippen molar-refractivity contribution >= 4 is 17.8 Å². The van der Waals surface area contributed by atoms with Crippen molar-refractivity contribution in [1.82, 2.24) is 5.06 Å². The van der Waals surface area contributed by atoms with Crippen molar-refractivity contribution < 1.29 is 23.6 Å². The summed E-state index contributed by atoms with van der Waals surface area (Å²) in [6.45, 7) is 0. The molecular weight excluding hydrogens is 313 g/mol. The van der Waals surface area contributed by atoms with Crippen LogP contribution in [-0.2, 0) is 9.63 Å². The zero-order valence-corrected chi connectivity index (χ0v) is 12.4. The molecule has 1 aliphatic heterocycles. The van der Waals surface area contributed by atoms with Crippen LogP contribution in [0.5, 0.6) is 0 Å². The van der Waals surface area contributed by atoms with E-state index in [-0.39, 0.29) is 22.9 Å². The Morgan fingerprint density at radius 2 is 1.58 bits per heavy atom. The first kappa shape index (κ1) is 14.6. The lowest BCUT2D eigenvalue weighted by molar-refractivity contribution is -0.170. The summed E-state index contributed by atoms with van der Waals surface area (Å²) in [7, 11) is 0. The molecule has 0 spiro atoms. The molecule has 5 nitrogen and oxygen atoms in total. The minimum absolute atomic E-state index is 0.205. The average Bonchev–Trinajstić information content (AvgIpc) is 3.35. The fourth-order valence-corrected chi connectivity index (χ4v) is 2.98. The fourth-order valence-electron chi connectivity index (χ4n) is 2.98. The van der Waals surface area contributed by atoms with Crippen LogP contribution in [0, 0.1) is 11.7 Å². The zero-order valence-electron chi connectivity index (χ0n) is 12.4. The summed E-state index contributed by atoms with van der Waals surface area (Å²) < 4.78 is 13.8. The highest BCUT2D eigenvalue weighted by Gasteiger charge is 2.49. The quantitative estimate of drug-likeness (QED) is 0.814.